The zero-order valence-electron chi connectivity index (χ0n) is 11.3. The van der Waals surface area contributed by atoms with E-state index in [1.54, 1.807) is 5.92 Å². The van der Waals surface area contributed by atoms with Crippen LogP contribution in [0.4, 0.5) is 4.39 Å². The number of hydrogen-bond acceptors (Lipinski definition) is 5. The maximum Gasteiger partial charge on any atom is 0.331 e. The zero-order valence-corrected chi connectivity index (χ0v) is 11.3. The second kappa shape index (κ2) is 4.79. The number of ether oxygens (including phenoxy) is 1. The lowest BCUT2D eigenvalue weighted by molar-refractivity contribution is -0.0216. The summed E-state index contributed by atoms with van der Waals surface area (Å²) in [5.74, 6) is 0.300. The van der Waals surface area contributed by atoms with Gasteiger partial charge in [-0.3, -0.25) is 14.3 Å². The first-order chi connectivity index (χ1) is 9.72. The van der Waals surface area contributed by atoms with Gasteiger partial charge >= 0.3 is 5.69 Å². The number of aliphatic hydroxyl groups is 2. The van der Waals surface area contributed by atoms with Crippen molar-refractivity contribution in [2.45, 2.75) is 31.8 Å². The molecule has 0 saturated carbocycles. The monoisotopic (exact) mass is 296 g/mol. The highest BCUT2D eigenvalue weighted by Gasteiger charge is 2.54. The Morgan fingerprint density at radius 1 is 1.62 bits per heavy atom. The van der Waals surface area contributed by atoms with Gasteiger partial charge in [0.05, 0.1) is 0 Å². The van der Waals surface area contributed by atoms with E-state index in [2.05, 4.69) is 0 Å². The molecule has 1 aromatic rings. The maximum absolute atomic E-state index is 14.8. The van der Waals surface area contributed by atoms with Crippen LogP contribution in [0.15, 0.2) is 27.2 Å². The molecule has 21 heavy (non-hydrogen) atoms. The Hall–Kier alpha value is -2.53. The van der Waals surface area contributed by atoms with E-state index in [1.807, 2.05) is 4.98 Å². The number of hydrogen-bond donors (Lipinski definition) is 3. The Kier molecular flexibility index (Phi) is 3.39. The quantitative estimate of drug-likeness (QED) is 0.659. The Bertz CT molecular complexity index is 770. The van der Waals surface area contributed by atoms with Crippen molar-refractivity contribution in [3.8, 4) is 12.3 Å². The molecule has 0 fully saturated rings. The summed E-state index contributed by atoms with van der Waals surface area (Å²) < 4.78 is 20.7. The fourth-order valence-electron chi connectivity index (χ4n) is 2.13. The lowest BCUT2D eigenvalue weighted by Crippen LogP contribution is -2.42. The molecule has 2 heterocycles. The molecule has 0 aliphatic carbocycles. The molecule has 7 nitrogen and oxygen atoms in total. The van der Waals surface area contributed by atoms with E-state index in [0.717, 1.165) is 10.6 Å². The maximum atomic E-state index is 14.8. The minimum atomic E-state index is -2.83. The summed E-state index contributed by atoms with van der Waals surface area (Å²) >= 11 is 0. The number of aryl methyl sites for hydroxylation is 1. The van der Waals surface area contributed by atoms with Gasteiger partial charge in [-0.25, -0.2) is 9.18 Å². The van der Waals surface area contributed by atoms with Gasteiger partial charge < -0.3 is 14.9 Å². The lowest BCUT2D eigenvalue weighted by atomic mass is 10.0. The minimum absolute atomic E-state index is 0.0886. The summed E-state index contributed by atoms with van der Waals surface area (Å²) in [4.78, 5) is 25.0. The van der Waals surface area contributed by atoms with Gasteiger partial charge in [-0.15, -0.1) is 6.42 Å². The van der Waals surface area contributed by atoms with Gasteiger partial charge in [-0.2, -0.15) is 0 Å². The van der Waals surface area contributed by atoms with Gasteiger partial charge in [0, 0.05) is 11.8 Å². The number of nitrogens with zero attached hydrogens (tertiary/aromatic N) is 1. The van der Waals surface area contributed by atoms with E-state index in [1.165, 1.54) is 13.8 Å². The molecule has 3 atom stereocenters. The predicted molar refractivity (Wildman–Crippen MR) is 70.2 cm³/mol. The number of rotatable bonds is 2. The smallest absolute Gasteiger partial charge is 0.331 e. The van der Waals surface area contributed by atoms with Crippen LogP contribution in [0.3, 0.4) is 0 Å². The highest BCUT2D eigenvalue weighted by Crippen LogP contribution is 2.43. The first-order valence-electron chi connectivity index (χ1n) is 6.00. The van der Waals surface area contributed by atoms with Crippen molar-refractivity contribution in [1.82, 2.24) is 9.55 Å². The number of H-pyrrole nitrogens is 1. The molecular formula is C13H13FN2O5. The van der Waals surface area contributed by atoms with Crippen LogP contribution in [0.5, 0.6) is 0 Å². The van der Waals surface area contributed by atoms with Crippen molar-refractivity contribution in [1.29, 1.82) is 0 Å². The van der Waals surface area contributed by atoms with E-state index < -0.39 is 40.8 Å². The second-order valence-electron chi connectivity index (χ2n) is 4.67. The van der Waals surface area contributed by atoms with Crippen molar-refractivity contribution >= 4 is 0 Å². The van der Waals surface area contributed by atoms with Crippen LogP contribution in [-0.2, 0) is 4.74 Å². The molecule has 0 saturated heterocycles. The second-order valence-corrected chi connectivity index (χ2v) is 4.67. The van der Waals surface area contributed by atoms with Crippen LogP contribution < -0.4 is 11.2 Å². The molecule has 1 aliphatic heterocycles. The molecule has 3 N–H and O–H groups in total. The normalized spacial score (nSPS) is 26.3. The first-order valence-corrected chi connectivity index (χ1v) is 6.00. The number of alkyl halides is 1. The highest BCUT2D eigenvalue weighted by atomic mass is 19.1. The summed E-state index contributed by atoms with van der Waals surface area (Å²) in [7, 11) is 0. The zero-order chi connectivity index (χ0) is 15.9. The van der Waals surface area contributed by atoms with Gasteiger partial charge in [0.25, 0.3) is 11.2 Å². The van der Waals surface area contributed by atoms with Crippen LogP contribution in [-0.4, -0.2) is 31.5 Å². The first kappa shape index (κ1) is 14.9. The van der Waals surface area contributed by atoms with Crippen molar-refractivity contribution in [2.24, 2.45) is 0 Å². The molecular weight excluding hydrogens is 283 g/mol. The summed E-state index contributed by atoms with van der Waals surface area (Å²) in [6.07, 6.45) is 2.06. The largest absolute Gasteiger partial charge is 0.505 e. The number of halogens is 1. The molecule has 0 bridgehead atoms. The van der Waals surface area contributed by atoms with Gasteiger partial charge in [-0.05, 0) is 13.8 Å². The third-order valence-electron chi connectivity index (χ3n) is 3.15. The van der Waals surface area contributed by atoms with Crippen LogP contribution in [0.25, 0.3) is 0 Å². The van der Waals surface area contributed by atoms with Crippen molar-refractivity contribution in [3.63, 3.8) is 0 Å². The van der Waals surface area contributed by atoms with E-state index in [9.17, 15) is 24.2 Å². The minimum Gasteiger partial charge on any atom is -0.505 e. The van der Waals surface area contributed by atoms with Gasteiger partial charge in [0.2, 0.25) is 6.23 Å². The number of terminal acetylenes is 1. The average Bonchev–Trinajstić information content (AvgIpc) is 2.63. The van der Waals surface area contributed by atoms with Crippen LogP contribution in [0, 0.1) is 19.3 Å². The molecule has 1 unspecified atom stereocenters. The lowest BCUT2D eigenvalue weighted by Gasteiger charge is -2.24. The van der Waals surface area contributed by atoms with Crippen molar-refractivity contribution < 1.29 is 19.3 Å². The summed E-state index contributed by atoms with van der Waals surface area (Å²) in [6, 6.07) is 1.05. The van der Waals surface area contributed by atoms with Gasteiger partial charge in [0.15, 0.2) is 11.5 Å². The summed E-state index contributed by atoms with van der Waals surface area (Å²) in [5.41, 5.74) is -4.35. The number of aromatic nitrogens is 2. The Morgan fingerprint density at radius 2 is 2.24 bits per heavy atom. The van der Waals surface area contributed by atoms with Crippen LogP contribution in [0.2, 0.25) is 0 Å². The third kappa shape index (κ3) is 2.11. The molecule has 0 amide bonds. The van der Waals surface area contributed by atoms with Crippen molar-refractivity contribution in [2.75, 3.05) is 0 Å². The van der Waals surface area contributed by atoms with Gasteiger partial charge in [-0.1, -0.05) is 5.92 Å². The average molecular weight is 296 g/mol. The Balaban J connectivity index is 2.66. The molecule has 1 aromatic heterocycles. The molecule has 0 radical (unpaired) electrons. The van der Waals surface area contributed by atoms with Gasteiger partial charge in [0.1, 0.15) is 6.10 Å². The van der Waals surface area contributed by atoms with Crippen molar-refractivity contribution in [3.05, 3.63) is 44.1 Å². The van der Waals surface area contributed by atoms with E-state index in [4.69, 9.17) is 11.2 Å². The van der Waals surface area contributed by atoms with Crippen LogP contribution >= 0.6 is 0 Å². The molecule has 0 aromatic carbocycles. The topological polar surface area (TPSA) is 105 Å². The van der Waals surface area contributed by atoms with Crippen LogP contribution in [0.1, 0.15) is 18.8 Å². The fraction of sp³-hybridized carbons (Fsp3) is 0.385. The number of nitrogens with one attached hydrogen (secondary N) is 1. The molecule has 1 aliphatic rings. The van der Waals surface area contributed by atoms with E-state index in [0.29, 0.717) is 0 Å². The Labute approximate surface area is 118 Å². The number of aliphatic hydroxyl groups excluding tert-OH is 2. The van der Waals surface area contributed by atoms with E-state index >= 15 is 0 Å². The standard InChI is InChI=1S/C13H13FN2O5/c1-4-13(14)10(19)9(7(3)17)21-11(13)16-6(2)5-8(18)15-12(16)20/h1,5,7,11,17,19H,2-3H3,(H,15,18,20)/t7-,11-,13?/m1/s1. The summed E-state index contributed by atoms with van der Waals surface area (Å²) in [5, 5.41) is 19.3. The highest BCUT2D eigenvalue weighted by molar-refractivity contribution is 5.34. The molecule has 2 rings (SSSR count). The fourth-order valence-corrected chi connectivity index (χ4v) is 2.13. The molecule has 112 valence electrons. The molecule has 0 spiro atoms. The SMILES string of the molecule is C#CC1(F)C(O)=C([C@@H](C)O)O[C@H]1n1c(C)cc(=O)[nH]c1=O. The predicted octanol–water partition coefficient (Wildman–Crippen LogP) is -0.134. The third-order valence-corrected chi connectivity index (χ3v) is 3.15. The summed E-state index contributed by atoms with van der Waals surface area (Å²) in [6.45, 7) is 2.63. The van der Waals surface area contributed by atoms with E-state index in [-0.39, 0.29) is 5.69 Å². The number of aromatic amines is 1. The molecule has 8 heteroatoms. The Morgan fingerprint density at radius 3 is 2.71 bits per heavy atom.